The molecule has 25 heavy (non-hydrogen) atoms. The fraction of sp³-hybridized carbons (Fsp3) is 0.632. The Hall–Kier alpha value is -0.970. The molecule has 1 aromatic carbocycles. The molecule has 1 aliphatic heterocycles. The van der Waals surface area contributed by atoms with Gasteiger partial charge in [-0.05, 0) is 57.8 Å². The number of benzene rings is 1. The van der Waals surface area contributed by atoms with Gasteiger partial charge < -0.3 is 15.4 Å². The second-order valence-electron chi connectivity index (χ2n) is 6.50. The van der Waals surface area contributed by atoms with Gasteiger partial charge in [0.1, 0.15) is 5.75 Å². The lowest BCUT2D eigenvalue weighted by atomic mass is 10.0. The van der Waals surface area contributed by atoms with Crippen molar-refractivity contribution in [1.82, 2.24) is 4.90 Å². The predicted octanol–water partition coefficient (Wildman–Crippen LogP) is 4.97. The average molecular weight is 389 g/mol. The highest BCUT2D eigenvalue weighted by Crippen LogP contribution is 2.30. The van der Waals surface area contributed by atoms with E-state index >= 15 is 0 Å². The van der Waals surface area contributed by atoms with E-state index in [9.17, 15) is 4.79 Å². The zero-order valence-electron chi connectivity index (χ0n) is 15.1. The van der Waals surface area contributed by atoms with Gasteiger partial charge in [-0.1, -0.05) is 24.9 Å². The van der Waals surface area contributed by atoms with Crippen LogP contribution in [-0.4, -0.2) is 36.9 Å². The van der Waals surface area contributed by atoms with Crippen molar-refractivity contribution in [3.05, 3.63) is 22.7 Å². The van der Waals surface area contributed by atoms with Crippen molar-refractivity contribution in [2.45, 2.75) is 51.9 Å². The summed E-state index contributed by atoms with van der Waals surface area (Å²) in [6.07, 6.45) is 7.32. The van der Waals surface area contributed by atoms with Gasteiger partial charge in [-0.25, -0.2) is 0 Å². The van der Waals surface area contributed by atoms with E-state index in [0.29, 0.717) is 35.1 Å². The lowest BCUT2D eigenvalue weighted by molar-refractivity contribution is 0.0973. The molecule has 2 rings (SSSR count). The molecule has 6 heteroatoms. The van der Waals surface area contributed by atoms with Crippen LogP contribution < -0.4 is 10.5 Å². The smallest absolute Gasteiger partial charge is 0.166 e. The largest absolute Gasteiger partial charge is 0.493 e. The van der Waals surface area contributed by atoms with Gasteiger partial charge in [-0.15, -0.1) is 12.4 Å². The number of hydrogen-bond acceptors (Lipinski definition) is 4. The number of rotatable bonds is 9. The maximum atomic E-state index is 12.6. The number of ketones is 1. The van der Waals surface area contributed by atoms with Crippen molar-refractivity contribution in [1.29, 1.82) is 0 Å². The number of carbonyl (C=O) groups is 1. The lowest BCUT2D eigenvalue weighted by Crippen LogP contribution is -2.30. The monoisotopic (exact) mass is 388 g/mol. The van der Waals surface area contributed by atoms with Gasteiger partial charge in [0.15, 0.2) is 5.78 Å². The summed E-state index contributed by atoms with van der Waals surface area (Å²) < 4.78 is 5.68. The van der Waals surface area contributed by atoms with Crippen LogP contribution in [0, 0.1) is 0 Å². The van der Waals surface area contributed by atoms with Crippen LogP contribution >= 0.6 is 24.0 Å². The molecule has 0 spiro atoms. The van der Waals surface area contributed by atoms with E-state index in [4.69, 9.17) is 22.1 Å². The second kappa shape index (κ2) is 11.6. The number of ether oxygens (including phenoxy) is 1. The average Bonchev–Trinajstić information content (AvgIpc) is 2.60. The first-order valence-corrected chi connectivity index (χ1v) is 9.47. The van der Waals surface area contributed by atoms with Crippen molar-refractivity contribution in [3.8, 4) is 5.75 Å². The molecular weight excluding hydrogens is 359 g/mol. The third-order valence-electron chi connectivity index (χ3n) is 4.44. The van der Waals surface area contributed by atoms with Crippen LogP contribution in [0.4, 0.5) is 5.69 Å². The number of hydrogen-bond donors (Lipinski definition) is 1. The molecule has 1 heterocycles. The zero-order chi connectivity index (χ0) is 17.4. The highest BCUT2D eigenvalue weighted by Gasteiger charge is 2.16. The van der Waals surface area contributed by atoms with Gasteiger partial charge in [-0.2, -0.15) is 0 Å². The Balaban J connectivity index is 0.00000312. The fourth-order valence-electron chi connectivity index (χ4n) is 3.06. The predicted molar refractivity (Wildman–Crippen MR) is 107 cm³/mol. The van der Waals surface area contributed by atoms with Crippen LogP contribution in [0.3, 0.4) is 0 Å². The number of nitrogen functional groups attached to an aromatic ring is 1. The Morgan fingerprint density at radius 1 is 1.24 bits per heavy atom. The van der Waals surface area contributed by atoms with E-state index in [1.165, 1.54) is 32.4 Å². The minimum atomic E-state index is 0. The number of likely N-dealkylation sites (tertiary alicyclic amines) is 1. The van der Waals surface area contributed by atoms with E-state index in [1.54, 1.807) is 12.1 Å². The number of nitrogens with two attached hydrogens (primary N) is 1. The molecule has 1 aliphatic rings. The normalized spacial score (nSPS) is 14.8. The van der Waals surface area contributed by atoms with Crippen LogP contribution in [0.1, 0.15) is 62.2 Å². The first-order valence-electron chi connectivity index (χ1n) is 9.09. The van der Waals surface area contributed by atoms with E-state index in [2.05, 4.69) is 4.90 Å². The van der Waals surface area contributed by atoms with Crippen molar-refractivity contribution in [3.63, 3.8) is 0 Å². The van der Waals surface area contributed by atoms with Crippen molar-refractivity contribution in [2.75, 3.05) is 32.0 Å². The van der Waals surface area contributed by atoms with Crippen LogP contribution in [0.5, 0.6) is 5.75 Å². The van der Waals surface area contributed by atoms with Gasteiger partial charge in [0, 0.05) is 12.5 Å². The first-order chi connectivity index (χ1) is 11.6. The molecule has 0 aliphatic carbocycles. The van der Waals surface area contributed by atoms with E-state index < -0.39 is 0 Å². The first kappa shape index (κ1) is 22.1. The second-order valence-corrected chi connectivity index (χ2v) is 6.91. The van der Waals surface area contributed by atoms with E-state index in [0.717, 1.165) is 25.8 Å². The summed E-state index contributed by atoms with van der Waals surface area (Å²) in [6, 6.07) is 3.31. The number of unbranched alkanes of at least 4 members (excludes halogenated alkanes) is 1. The van der Waals surface area contributed by atoms with Crippen LogP contribution in [0.2, 0.25) is 5.02 Å². The number of nitrogens with zero attached hydrogens (tertiary/aromatic N) is 1. The third-order valence-corrected chi connectivity index (χ3v) is 4.77. The van der Waals surface area contributed by atoms with Crippen LogP contribution in [0.25, 0.3) is 0 Å². The molecule has 0 radical (unpaired) electrons. The maximum absolute atomic E-state index is 12.6. The molecule has 1 aromatic rings. The number of carbonyl (C=O) groups excluding carboxylic acids is 1. The summed E-state index contributed by atoms with van der Waals surface area (Å²) in [6.45, 7) is 6.10. The lowest BCUT2D eigenvalue weighted by Gasteiger charge is -2.26. The number of Topliss-reactive ketones (excluding diaryl/α,β-unsaturated/α-hetero) is 1. The SMILES string of the molecule is CCCOc1cc(N)c(Cl)cc1C(=O)CCCCN1CCCCC1.Cl. The van der Waals surface area contributed by atoms with Crippen LogP contribution in [-0.2, 0) is 0 Å². The van der Waals surface area contributed by atoms with Gasteiger partial charge in [-0.3, -0.25) is 4.79 Å². The summed E-state index contributed by atoms with van der Waals surface area (Å²) in [7, 11) is 0. The Morgan fingerprint density at radius 2 is 1.96 bits per heavy atom. The van der Waals surface area contributed by atoms with Gasteiger partial charge in [0.25, 0.3) is 0 Å². The molecule has 0 atom stereocenters. The molecule has 0 bridgehead atoms. The molecule has 0 unspecified atom stereocenters. The Kier molecular flexibility index (Phi) is 10.2. The van der Waals surface area contributed by atoms with Crippen molar-refractivity contribution in [2.24, 2.45) is 0 Å². The van der Waals surface area contributed by atoms with Crippen molar-refractivity contribution >= 4 is 35.5 Å². The van der Waals surface area contributed by atoms with E-state index in [1.807, 2.05) is 6.92 Å². The van der Waals surface area contributed by atoms with E-state index in [-0.39, 0.29) is 18.2 Å². The zero-order valence-corrected chi connectivity index (χ0v) is 16.6. The quantitative estimate of drug-likeness (QED) is 0.368. The fourth-order valence-corrected chi connectivity index (χ4v) is 3.22. The molecule has 0 amide bonds. The highest BCUT2D eigenvalue weighted by molar-refractivity contribution is 6.33. The standard InChI is InChI=1S/C19H29ClN2O2.ClH/c1-2-12-24-19-14-17(21)16(20)13-15(19)18(23)8-4-7-11-22-9-5-3-6-10-22;/h13-14H,2-12,21H2,1H3;1H. The summed E-state index contributed by atoms with van der Waals surface area (Å²) >= 11 is 6.09. The Morgan fingerprint density at radius 3 is 2.64 bits per heavy atom. The molecule has 1 saturated heterocycles. The maximum Gasteiger partial charge on any atom is 0.166 e. The summed E-state index contributed by atoms with van der Waals surface area (Å²) in [5.74, 6) is 0.640. The molecule has 142 valence electrons. The Labute approximate surface area is 162 Å². The van der Waals surface area contributed by atoms with Gasteiger partial charge in [0.05, 0.1) is 22.9 Å². The highest BCUT2D eigenvalue weighted by atomic mass is 35.5. The number of piperidine rings is 1. The van der Waals surface area contributed by atoms with Crippen LogP contribution in [0.15, 0.2) is 12.1 Å². The van der Waals surface area contributed by atoms with Gasteiger partial charge in [0.2, 0.25) is 0 Å². The summed E-state index contributed by atoms with van der Waals surface area (Å²) in [5, 5.41) is 0.413. The molecule has 0 aromatic heterocycles. The summed E-state index contributed by atoms with van der Waals surface area (Å²) in [5.41, 5.74) is 6.84. The molecule has 1 fully saturated rings. The van der Waals surface area contributed by atoms with Gasteiger partial charge >= 0.3 is 0 Å². The minimum Gasteiger partial charge on any atom is -0.493 e. The number of anilines is 1. The molecule has 0 saturated carbocycles. The minimum absolute atomic E-state index is 0. The molecule has 4 nitrogen and oxygen atoms in total. The Bertz CT molecular complexity index is 546. The topological polar surface area (TPSA) is 55.6 Å². The third kappa shape index (κ3) is 7.04. The molecular formula is C19H30Cl2N2O2. The molecule has 2 N–H and O–H groups in total. The van der Waals surface area contributed by atoms with Crippen molar-refractivity contribution < 1.29 is 9.53 Å². The summed E-state index contributed by atoms with van der Waals surface area (Å²) in [4.78, 5) is 15.1. The number of halogens is 2.